The Morgan fingerprint density at radius 3 is 1.94 bits per heavy atom. The van der Waals surface area contributed by atoms with E-state index >= 15 is 0 Å². The van der Waals surface area contributed by atoms with Crippen LogP contribution in [-0.2, 0) is 13.4 Å². The van der Waals surface area contributed by atoms with E-state index in [1.807, 2.05) is 7.05 Å². The van der Waals surface area contributed by atoms with Gasteiger partial charge >= 0.3 is 16.5 Å². The summed E-state index contributed by atoms with van der Waals surface area (Å²) in [6.45, 7) is 4.24. The van der Waals surface area contributed by atoms with E-state index in [0.717, 1.165) is 0 Å². The highest BCUT2D eigenvalue weighted by Crippen LogP contribution is 2.30. The Morgan fingerprint density at radius 1 is 1.12 bits per heavy atom. The molecule has 1 aromatic rings. The number of anilines is 1. The summed E-state index contributed by atoms with van der Waals surface area (Å²) in [5.41, 5.74) is 3.87. The third kappa shape index (κ3) is 8.13. The summed E-state index contributed by atoms with van der Waals surface area (Å²) >= 11 is 0. The van der Waals surface area contributed by atoms with Crippen LogP contribution in [0.2, 0.25) is 0 Å². The summed E-state index contributed by atoms with van der Waals surface area (Å²) in [5, 5.41) is 3.10. The van der Waals surface area contributed by atoms with E-state index in [2.05, 4.69) is 41.7 Å². The van der Waals surface area contributed by atoms with Crippen molar-refractivity contribution in [2.75, 3.05) is 12.4 Å². The largest absolute Gasteiger partial charge is 0.388 e. The van der Waals surface area contributed by atoms with Gasteiger partial charge in [-0.25, -0.2) is 4.31 Å². The van der Waals surface area contributed by atoms with Crippen molar-refractivity contribution in [2.45, 2.75) is 13.8 Å². The third-order valence-electron chi connectivity index (χ3n) is 1.97. The van der Waals surface area contributed by atoms with Gasteiger partial charge < -0.3 is 15.1 Å². The fraction of sp³-hybridized carbons (Fsp3) is 0.333. The maximum Gasteiger partial charge on any atom is 0.323 e. The van der Waals surface area contributed by atoms with E-state index in [-0.39, 0.29) is 0 Å². The van der Waals surface area contributed by atoms with Gasteiger partial charge in [-0.2, -0.15) is 0 Å². The zero-order valence-electron chi connectivity index (χ0n) is 9.85. The smallest absolute Gasteiger partial charge is 0.323 e. The zero-order chi connectivity index (χ0) is 13.4. The van der Waals surface area contributed by atoms with Crippen LogP contribution in [0, 0.1) is 13.8 Å². The number of aryl methyl sites for hydroxylation is 2. The lowest BCUT2D eigenvalue weighted by Crippen LogP contribution is -1.89. The van der Waals surface area contributed by atoms with Gasteiger partial charge in [0.15, 0.2) is 0 Å². The minimum absolute atomic E-state index is 1.18. The molecule has 0 aliphatic rings. The van der Waals surface area contributed by atoms with Crippen LogP contribution < -0.4 is 5.32 Å². The van der Waals surface area contributed by atoms with E-state index in [4.69, 9.17) is 9.79 Å². The summed E-state index contributed by atoms with van der Waals surface area (Å²) in [6.07, 6.45) is 0. The average Bonchev–Trinajstić information content (AvgIpc) is 2.21. The van der Waals surface area contributed by atoms with Gasteiger partial charge in [0.2, 0.25) is 0 Å². The fourth-order valence-corrected chi connectivity index (χ4v) is 1.57. The summed E-state index contributed by atoms with van der Waals surface area (Å²) in [4.78, 5) is 15.4. The second-order valence-corrected chi connectivity index (χ2v) is 5.06. The summed E-state index contributed by atoms with van der Waals surface area (Å²) < 4.78 is 22.3. The Bertz CT molecular complexity index is 398. The normalized spacial score (nSPS) is 13.2. The highest BCUT2D eigenvalue weighted by atomic mass is 31.2. The van der Waals surface area contributed by atoms with Crippen LogP contribution in [0.3, 0.4) is 0 Å². The maximum absolute atomic E-state index is 9.44. The molecule has 0 aliphatic heterocycles. The van der Waals surface area contributed by atoms with Gasteiger partial charge in [-0.1, -0.05) is 6.07 Å². The molecular formula is C9H17NO5P2. The van der Waals surface area contributed by atoms with E-state index in [1.54, 1.807) is 0 Å². The Morgan fingerprint density at radius 2 is 1.65 bits per heavy atom. The molecule has 3 N–H and O–H groups in total. The number of benzene rings is 1. The van der Waals surface area contributed by atoms with Crippen molar-refractivity contribution in [1.82, 2.24) is 0 Å². The molecule has 0 radical (unpaired) electrons. The highest BCUT2D eigenvalue weighted by Gasteiger charge is 1.93. The number of rotatable bonds is 3. The van der Waals surface area contributed by atoms with Crippen LogP contribution in [0.15, 0.2) is 18.2 Å². The van der Waals surface area contributed by atoms with Crippen molar-refractivity contribution >= 4 is 22.2 Å². The molecule has 0 heterocycles. The Balaban J connectivity index is 0.000000325. The van der Waals surface area contributed by atoms with E-state index in [0.29, 0.717) is 0 Å². The lowest BCUT2D eigenvalue weighted by Gasteiger charge is -2.02. The van der Waals surface area contributed by atoms with Gasteiger partial charge in [0.1, 0.15) is 0 Å². The van der Waals surface area contributed by atoms with Crippen LogP contribution in [0.1, 0.15) is 11.1 Å². The predicted molar refractivity (Wildman–Crippen MR) is 69.0 cm³/mol. The molecule has 0 amide bonds. The molecule has 0 saturated heterocycles. The van der Waals surface area contributed by atoms with Gasteiger partial charge in [-0.05, 0) is 37.1 Å². The monoisotopic (exact) mass is 281 g/mol. The first-order valence-corrected chi connectivity index (χ1v) is 7.28. The molecule has 0 aromatic heterocycles. The molecule has 0 aliphatic carbocycles. The first kappa shape index (κ1) is 16.4. The maximum atomic E-state index is 9.44. The molecule has 0 fully saturated rings. The zero-order valence-corrected chi connectivity index (χ0v) is 11.9. The molecule has 1 aromatic carbocycles. The third-order valence-corrected chi connectivity index (χ3v) is 3.37. The van der Waals surface area contributed by atoms with Crippen molar-refractivity contribution < 1.29 is 23.2 Å². The molecule has 0 bridgehead atoms. The lowest BCUT2D eigenvalue weighted by atomic mass is 10.1. The topological polar surface area (TPSA) is 95.9 Å². The minimum Gasteiger partial charge on any atom is -0.388 e. The number of hydrogen-bond acceptors (Lipinski definition) is 4. The van der Waals surface area contributed by atoms with Crippen molar-refractivity contribution in [3.8, 4) is 0 Å². The van der Waals surface area contributed by atoms with Gasteiger partial charge in [0.05, 0.1) is 0 Å². The number of hydrogen-bond donors (Lipinski definition) is 3. The lowest BCUT2D eigenvalue weighted by molar-refractivity contribution is 0.371. The predicted octanol–water partition coefficient (Wildman–Crippen LogP) is 2.11. The van der Waals surface area contributed by atoms with Gasteiger partial charge in [0, 0.05) is 12.7 Å². The molecule has 8 heteroatoms. The molecule has 6 nitrogen and oxygen atoms in total. The van der Waals surface area contributed by atoms with Crippen LogP contribution in [0.4, 0.5) is 5.69 Å². The first-order chi connectivity index (χ1) is 7.86. The van der Waals surface area contributed by atoms with Crippen LogP contribution in [0.25, 0.3) is 0 Å². The highest BCUT2D eigenvalue weighted by molar-refractivity contribution is 7.46. The Kier molecular flexibility index (Phi) is 8.13. The van der Waals surface area contributed by atoms with Gasteiger partial charge in [-0.3, -0.25) is 9.13 Å². The molecule has 17 heavy (non-hydrogen) atoms. The average molecular weight is 281 g/mol. The molecule has 0 spiro atoms. The number of nitrogens with one attached hydrogen (secondary N) is 1. The molecule has 98 valence electrons. The van der Waals surface area contributed by atoms with Crippen molar-refractivity contribution in [3.63, 3.8) is 0 Å². The Labute approximate surface area is 102 Å². The minimum atomic E-state index is -3.20. The second kappa shape index (κ2) is 8.45. The summed E-state index contributed by atoms with van der Waals surface area (Å²) in [6, 6.07) is 6.36. The second-order valence-electron chi connectivity index (χ2n) is 3.18. The first-order valence-electron chi connectivity index (χ1n) is 4.75. The van der Waals surface area contributed by atoms with Crippen molar-refractivity contribution in [3.05, 3.63) is 29.3 Å². The van der Waals surface area contributed by atoms with Crippen molar-refractivity contribution in [1.29, 1.82) is 0 Å². The summed E-state index contributed by atoms with van der Waals surface area (Å²) in [7, 11) is -4.47. The quantitative estimate of drug-likeness (QED) is 0.734. The molecule has 2 unspecified atom stereocenters. The van der Waals surface area contributed by atoms with Gasteiger partial charge in [0.25, 0.3) is 0 Å². The molecule has 0 saturated carbocycles. The SMILES string of the molecule is CNc1ccc(C)c(C)c1.O=[PH](O)O[PH](=O)O. The van der Waals surface area contributed by atoms with E-state index in [1.165, 1.54) is 16.8 Å². The standard InChI is InChI=1S/C9H13N.H4O5P2/c1-7-4-5-9(10-3)6-8(7)2;1-6(2)5-7(3)4/h4-6,10H,1-3H3;6-7H,(H,1,2)(H,3,4). The van der Waals surface area contributed by atoms with Crippen LogP contribution in [-0.4, -0.2) is 16.8 Å². The van der Waals surface area contributed by atoms with E-state index in [9.17, 15) is 9.13 Å². The van der Waals surface area contributed by atoms with Crippen LogP contribution in [0.5, 0.6) is 0 Å². The van der Waals surface area contributed by atoms with Gasteiger partial charge in [-0.15, -0.1) is 0 Å². The molecular weight excluding hydrogens is 264 g/mol. The van der Waals surface area contributed by atoms with E-state index < -0.39 is 16.5 Å². The fourth-order valence-electron chi connectivity index (χ4n) is 0.972. The summed E-state index contributed by atoms with van der Waals surface area (Å²) in [5.74, 6) is 0. The molecule has 1 rings (SSSR count). The van der Waals surface area contributed by atoms with Crippen molar-refractivity contribution in [2.24, 2.45) is 0 Å². The van der Waals surface area contributed by atoms with Crippen LogP contribution >= 0.6 is 16.5 Å². The Hall–Kier alpha value is -0.640. The molecule has 2 atom stereocenters.